The second kappa shape index (κ2) is 6.67. The standard InChI is InChI=1S/C19H24N2O3/c1-13-6-5-7-15-14(11-20-17(13)15)10-16(22)21-12-19(18(23)24)8-3-2-4-9-19/h5-7,11,20H,2-4,8-10,12H2,1H3,(H,21,22)(H,23,24). The molecule has 0 radical (unpaired) electrons. The molecular weight excluding hydrogens is 304 g/mol. The van der Waals surface area contributed by atoms with E-state index in [1.54, 1.807) is 0 Å². The average Bonchev–Trinajstić information content (AvgIpc) is 2.98. The van der Waals surface area contributed by atoms with Crippen LogP contribution in [0.15, 0.2) is 24.4 Å². The molecule has 5 nitrogen and oxygen atoms in total. The van der Waals surface area contributed by atoms with Crippen molar-refractivity contribution in [2.75, 3.05) is 6.54 Å². The molecule has 2 aromatic rings. The molecule has 1 aromatic heterocycles. The fraction of sp³-hybridized carbons (Fsp3) is 0.474. The number of benzene rings is 1. The van der Waals surface area contributed by atoms with E-state index in [-0.39, 0.29) is 18.9 Å². The largest absolute Gasteiger partial charge is 0.481 e. The van der Waals surface area contributed by atoms with Crippen molar-refractivity contribution in [2.24, 2.45) is 5.41 Å². The van der Waals surface area contributed by atoms with Crippen LogP contribution in [0.1, 0.15) is 43.2 Å². The van der Waals surface area contributed by atoms with Gasteiger partial charge in [-0.1, -0.05) is 37.5 Å². The predicted molar refractivity (Wildman–Crippen MR) is 92.9 cm³/mol. The Bertz CT molecular complexity index is 757. The molecule has 1 amide bonds. The van der Waals surface area contributed by atoms with E-state index >= 15 is 0 Å². The van der Waals surface area contributed by atoms with Crippen molar-refractivity contribution < 1.29 is 14.7 Å². The number of rotatable bonds is 5. The minimum atomic E-state index is -0.787. The van der Waals surface area contributed by atoms with E-state index in [1.807, 2.05) is 31.3 Å². The highest BCUT2D eigenvalue weighted by atomic mass is 16.4. The van der Waals surface area contributed by atoms with Gasteiger partial charge in [-0.25, -0.2) is 0 Å². The number of fused-ring (bicyclic) bond motifs is 1. The molecule has 1 aliphatic carbocycles. The fourth-order valence-corrected chi connectivity index (χ4v) is 3.71. The average molecular weight is 328 g/mol. The molecule has 3 N–H and O–H groups in total. The number of hydrogen-bond donors (Lipinski definition) is 3. The Labute approximate surface area is 141 Å². The number of nitrogens with one attached hydrogen (secondary N) is 2. The summed E-state index contributed by atoms with van der Waals surface area (Å²) in [6.45, 7) is 2.25. The number of carboxylic acids is 1. The normalized spacial score (nSPS) is 16.9. The third-order valence-corrected chi connectivity index (χ3v) is 5.25. The second-order valence-corrected chi connectivity index (χ2v) is 6.91. The lowest BCUT2D eigenvalue weighted by Gasteiger charge is -2.33. The van der Waals surface area contributed by atoms with Gasteiger partial charge in [-0.05, 0) is 30.9 Å². The second-order valence-electron chi connectivity index (χ2n) is 6.91. The summed E-state index contributed by atoms with van der Waals surface area (Å²) in [6.07, 6.45) is 6.35. The molecule has 1 saturated carbocycles. The van der Waals surface area contributed by atoms with Gasteiger partial charge in [0.1, 0.15) is 0 Å². The van der Waals surface area contributed by atoms with Gasteiger partial charge in [0.15, 0.2) is 0 Å². The number of amides is 1. The van der Waals surface area contributed by atoms with Crippen LogP contribution in [0.5, 0.6) is 0 Å². The quantitative estimate of drug-likeness (QED) is 0.788. The molecule has 0 saturated heterocycles. The first-order chi connectivity index (χ1) is 11.5. The van der Waals surface area contributed by atoms with E-state index in [4.69, 9.17) is 0 Å². The lowest BCUT2D eigenvalue weighted by Crippen LogP contribution is -2.44. The smallest absolute Gasteiger partial charge is 0.311 e. The summed E-state index contributed by atoms with van der Waals surface area (Å²) in [7, 11) is 0. The maximum atomic E-state index is 12.3. The number of aryl methyl sites for hydroxylation is 1. The monoisotopic (exact) mass is 328 g/mol. The highest BCUT2D eigenvalue weighted by molar-refractivity contribution is 5.90. The molecule has 0 atom stereocenters. The summed E-state index contributed by atoms with van der Waals surface area (Å²) in [5, 5.41) is 13.5. The highest BCUT2D eigenvalue weighted by Gasteiger charge is 2.39. The molecule has 3 rings (SSSR count). The van der Waals surface area contributed by atoms with E-state index in [0.717, 1.165) is 41.3 Å². The van der Waals surface area contributed by atoms with Crippen molar-refractivity contribution in [3.05, 3.63) is 35.5 Å². The Morgan fingerprint density at radius 1 is 1.25 bits per heavy atom. The number of para-hydroxylation sites is 1. The van der Waals surface area contributed by atoms with Gasteiger partial charge in [0.2, 0.25) is 5.91 Å². The van der Waals surface area contributed by atoms with Crippen molar-refractivity contribution in [2.45, 2.75) is 45.4 Å². The van der Waals surface area contributed by atoms with Crippen LogP contribution in [-0.2, 0) is 16.0 Å². The van der Waals surface area contributed by atoms with Gasteiger partial charge in [0.05, 0.1) is 11.8 Å². The van der Waals surface area contributed by atoms with Crippen molar-refractivity contribution in [3.63, 3.8) is 0 Å². The maximum Gasteiger partial charge on any atom is 0.311 e. The number of carboxylic acid groups (broad SMARTS) is 1. The van der Waals surface area contributed by atoms with Crippen LogP contribution in [-0.4, -0.2) is 28.5 Å². The van der Waals surface area contributed by atoms with E-state index < -0.39 is 11.4 Å². The van der Waals surface area contributed by atoms with Gasteiger partial charge in [0.25, 0.3) is 0 Å². The van der Waals surface area contributed by atoms with Gasteiger partial charge in [-0.15, -0.1) is 0 Å². The first-order valence-corrected chi connectivity index (χ1v) is 8.57. The van der Waals surface area contributed by atoms with Gasteiger partial charge >= 0.3 is 5.97 Å². The van der Waals surface area contributed by atoms with E-state index in [0.29, 0.717) is 12.8 Å². The Kier molecular flexibility index (Phi) is 4.60. The molecule has 5 heteroatoms. The summed E-state index contributed by atoms with van der Waals surface area (Å²) in [5.41, 5.74) is 2.35. The van der Waals surface area contributed by atoms with Crippen LogP contribution in [0.25, 0.3) is 10.9 Å². The zero-order valence-corrected chi connectivity index (χ0v) is 14.0. The van der Waals surface area contributed by atoms with Crippen molar-refractivity contribution in [1.82, 2.24) is 10.3 Å². The third-order valence-electron chi connectivity index (χ3n) is 5.25. The van der Waals surface area contributed by atoms with Crippen LogP contribution < -0.4 is 5.32 Å². The number of aromatic amines is 1. The summed E-state index contributed by atoms with van der Waals surface area (Å²) in [5.74, 6) is -0.908. The lowest BCUT2D eigenvalue weighted by molar-refractivity contribution is -0.151. The SMILES string of the molecule is Cc1cccc2c(CC(=O)NCC3(C(=O)O)CCCCC3)c[nH]c12. The number of aromatic nitrogens is 1. The Hall–Kier alpha value is -2.30. The van der Waals surface area contributed by atoms with Crippen molar-refractivity contribution >= 4 is 22.8 Å². The fourth-order valence-electron chi connectivity index (χ4n) is 3.71. The summed E-state index contributed by atoms with van der Waals surface area (Å²) >= 11 is 0. The first-order valence-electron chi connectivity index (χ1n) is 8.57. The molecule has 0 unspecified atom stereocenters. The minimum absolute atomic E-state index is 0.122. The van der Waals surface area contributed by atoms with Crippen molar-refractivity contribution in [3.8, 4) is 0 Å². The molecule has 128 valence electrons. The minimum Gasteiger partial charge on any atom is -0.481 e. The van der Waals surface area contributed by atoms with Crippen LogP contribution in [0, 0.1) is 12.3 Å². The zero-order valence-electron chi connectivity index (χ0n) is 14.0. The van der Waals surface area contributed by atoms with Gasteiger partial charge < -0.3 is 15.4 Å². The summed E-state index contributed by atoms with van der Waals surface area (Å²) < 4.78 is 0. The predicted octanol–water partition coefficient (Wildman–Crippen LogP) is 3.17. The molecule has 24 heavy (non-hydrogen) atoms. The lowest BCUT2D eigenvalue weighted by atomic mass is 9.74. The van der Waals surface area contributed by atoms with Crippen LogP contribution >= 0.6 is 0 Å². The molecule has 1 heterocycles. The molecular formula is C19H24N2O3. The maximum absolute atomic E-state index is 12.3. The number of H-pyrrole nitrogens is 1. The number of hydrogen-bond acceptors (Lipinski definition) is 2. The molecule has 1 aromatic carbocycles. The van der Waals surface area contributed by atoms with Gasteiger partial charge in [-0.3, -0.25) is 9.59 Å². The van der Waals surface area contributed by atoms with Gasteiger partial charge in [-0.2, -0.15) is 0 Å². The first kappa shape index (κ1) is 16.6. The van der Waals surface area contributed by atoms with Gasteiger partial charge in [0, 0.05) is 23.6 Å². The van der Waals surface area contributed by atoms with Crippen LogP contribution in [0.2, 0.25) is 0 Å². The summed E-state index contributed by atoms with van der Waals surface area (Å²) in [6, 6.07) is 6.01. The molecule has 0 bridgehead atoms. The number of carbonyl (C=O) groups excluding carboxylic acids is 1. The van der Waals surface area contributed by atoms with Crippen LogP contribution in [0.4, 0.5) is 0 Å². The topological polar surface area (TPSA) is 82.2 Å². The molecule has 0 spiro atoms. The Morgan fingerprint density at radius 2 is 2.00 bits per heavy atom. The molecule has 1 aliphatic rings. The van der Waals surface area contributed by atoms with E-state index in [2.05, 4.69) is 10.3 Å². The summed E-state index contributed by atoms with van der Waals surface area (Å²) in [4.78, 5) is 27.2. The number of aliphatic carboxylic acids is 1. The zero-order chi connectivity index (χ0) is 17.2. The Morgan fingerprint density at radius 3 is 2.71 bits per heavy atom. The molecule has 1 fully saturated rings. The van der Waals surface area contributed by atoms with E-state index in [9.17, 15) is 14.7 Å². The Balaban J connectivity index is 1.66. The third kappa shape index (κ3) is 3.16. The van der Waals surface area contributed by atoms with Crippen LogP contribution in [0.3, 0.4) is 0 Å². The number of carbonyl (C=O) groups is 2. The molecule has 0 aliphatic heterocycles. The van der Waals surface area contributed by atoms with E-state index in [1.165, 1.54) is 0 Å². The highest BCUT2D eigenvalue weighted by Crippen LogP contribution is 2.36. The van der Waals surface area contributed by atoms with Crippen molar-refractivity contribution in [1.29, 1.82) is 0 Å².